The van der Waals surface area contributed by atoms with Crippen LogP contribution in [-0.2, 0) is 13.0 Å². The summed E-state index contributed by atoms with van der Waals surface area (Å²) in [6.07, 6.45) is 5.27. The average Bonchev–Trinajstić information content (AvgIpc) is 2.13. The summed E-state index contributed by atoms with van der Waals surface area (Å²) in [6.45, 7) is 0.729. The predicted octanol–water partition coefficient (Wildman–Crippen LogP) is 0.784. The molecule has 1 aliphatic carbocycles. The van der Waals surface area contributed by atoms with Gasteiger partial charge < -0.3 is 5.73 Å². The van der Waals surface area contributed by atoms with Crippen molar-refractivity contribution in [2.24, 2.45) is 5.73 Å². The van der Waals surface area contributed by atoms with Crippen LogP contribution in [0.1, 0.15) is 43.1 Å². The van der Waals surface area contributed by atoms with E-state index in [0.29, 0.717) is 5.92 Å². The molecule has 2 heterocycles. The van der Waals surface area contributed by atoms with E-state index < -0.39 is 0 Å². The lowest BCUT2D eigenvalue weighted by Crippen LogP contribution is -2.38. The van der Waals surface area contributed by atoms with E-state index in [1.54, 1.807) is 10.6 Å². The van der Waals surface area contributed by atoms with Crippen molar-refractivity contribution < 1.29 is 0 Å². The van der Waals surface area contributed by atoms with Gasteiger partial charge >= 0.3 is 0 Å². The van der Waals surface area contributed by atoms with E-state index >= 15 is 0 Å². The molecule has 0 radical (unpaired) electrons. The van der Waals surface area contributed by atoms with Gasteiger partial charge in [-0.05, 0) is 19.3 Å². The van der Waals surface area contributed by atoms with E-state index in [1.807, 2.05) is 0 Å². The first-order valence-electron chi connectivity index (χ1n) is 6.10. The highest BCUT2D eigenvalue weighted by Crippen LogP contribution is 2.34. The Hall–Kier alpha value is -1.16. The molecular weight excluding hydrogens is 202 g/mol. The molecule has 1 unspecified atom stereocenters. The Kier molecular flexibility index (Phi) is 2.32. The van der Waals surface area contributed by atoms with E-state index in [-0.39, 0.29) is 11.6 Å². The molecule has 4 heteroatoms. The van der Waals surface area contributed by atoms with Gasteiger partial charge in [0, 0.05) is 31.0 Å². The maximum atomic E-state index is 11.9. The molecule has 1 atom stereocenters. The molecule has 1 aromatic rings. The summed E-state index contributed by atoms with van der Waals surface area (Å²) >= 11 is 0. The van der Waals surface area contributed by atoms with Gasteiger partial charge in [0.15, 0.2) is 0 Å². The molecule has 2 aliphatic rings. The molecule has 1 aliphatic heterocycles. The molecule has 0 bridgehead atoms. The van der Waals surface area contributed by atoms with Gasteiger partial charge in [0.2, 0.25) is 0 Å². The van der Waals surface area contributed by atoms with Crippen LogP contribution in [0, 0.1) is 0 Å². The summed E-state index contributed by atoms with van der Waals surface area (Å²) in [7, 11) is 0. The summed E-state index contributed by atoms with van der Waals surface area (Å²) in [6, 6.07) is 1.90. The van der Waals surface area contributed by atoms with Crippen molar-refractivity contribution in [2.45, 2.75) is 50.6 Å². The first-order valence-corrected chi connectivity index (χ1v) is 6.10. The number of nitrogens with zero attached hydrogens (tertiary/aromatic N) is 2. The maximum absolute atomic E-state index is 11.9. The number of aromatic nitrogens is 2. The van der Waals surface area contributed by atoms with Crippen molar-refractivity contribution >= 4 is 0 Å². The predicted molar refractivity (Wildman–Crippen MR) is 61.4 cm³/mol. The molecular formula is C12H17N3O. The van der Waals surface area contributed by atoms with Crippen molar-refractivity contribution in [1.82, 2.24) is 9.55 Å². The molecule has 1 fully saturated rings. The Morgan fingerprint density at radius 3 is 2.88 bits per heavy atom. The molecule has 0 spiro atoms. The average molecular weight is 219 g/mol. The van der Waals surface area contributed by atoms with Crippen molar-refractivity contribution in [1.29, 1.82) is 0 Å². The van der Waals surface area contributed by atoms with Crippen LogP contribution in [0.4, 0.5) is 0 Å². The molecule has 1 aromatic heterocycles. The second-order valence-corrected chi connectivity index (χ2v) is 4.97. The Bertz CT molecular complexity index is 462. The zero-order valence-corrected chi connectivity index (χ0v) is 9.35. The lowest BCUT2D eigenvalue weighted by molar-refractivity contribution is 0.395. The van der Waals surface area contributed by atoms with Crippen molar-refractivity contribution in [3.05, 3.63) is 27.9 Å². The highest BCUT2D eigenvalue weighted by atomic mass is 16.1. The second-order valence-electron chi connectivity index (χ2n) is 4.97. The molecule has 0 aromatic carbocycles. The Labute approximate surface area is 94.5 Å². The number of hydrogen-bond donors (Lipinski definition) is 1. The van der Waals surface area contributed by atoms with Crippen LogP contribution in [0.25, 0.3) is 0 Å². The summed E-state index contributed by atoms with van der Waals surface area (Å²) in [5, 5.41) is 0. The fraction of sp³-hybridized carbons (Fsp3) is 0.667. The minimum Gasteiger partial charge on any atom is -0.327 e. The van der Waals surface area contributed by atoms with Crippen molar-refractivity contribution in [2.75, 3.05) is 0 Å². The maximum Gasteiger partial charge on any atom is 0.253 e. The van der Waals surface area contributed by atoms with Crippen molar-refractivity contribution in [3.8, 4) is 0 Å². The van der Waals surface area contributed by atoms with E-state index in [0.717, 1.165) is 30.9 Å². The van der Waals surface area contributed by atoms with Gasteiger partial charge in [0.25, 0.3) is 5.56 Å². The molecule has 1 saturated carbocycles. The van der Waals surface area contributed by atoms with Gasteiger partial charge in [-0.2, -0.15) is 0 Å². The van der Waals surface area contributed by atoms with E-state index in [4.69, 9.17) is 5.73 Å². The van der Waals surface area contributed by atoms with Crippen LogP contribution < -0.4 is 11.3 Å². The fourth-order valence-corrected chi connectivity index (χ4v) is 2.51. The molecule has 3 rings (SSSR count). The number of fused-ring (bicyclic) bond motifs is 1. The summed E-state index contributed by atoms with van der Waals surface area (Å²) < 4.78 is 1.78. The minimum absolute atomic E-state index is 0.110. The van der Waals surface area contributed by atoms with Crippen LogP contribution in [0.5, 0.6) is 0 Å². The van der Waals surface area contributed by atoms with Gasteiger partial charge in [-0.3, -0.25) is 9.36 Å². The lowest BCUT2D eigenvalue weighted by atomic mass is 9.83. The van der Waals surface area contributed by atoms with Crippen LogP contribution in [0.15, 0.2) is 10.9 Å². The van der Waals surface area contributed by atoms with E-state index in [2.05, 4.69) is 4.98 Å². The van der Waals surface area contributed by atoms with Gasteiger partial charge in [-0.15, -0.1) is 0 Å². The highest BCUT2D eigenvalue weighted by molar-refractivity contribution is 5.14. The number of hydrogen-bond acceptors (Lipinski definition) is 3. The van der Waals surface area contributed by atoms with Gasteiger partial charge in [-0.1, -0.05) is 6.42 Å². The topological polar surface area (TPSA) is 60.9 Å². The third-order valence-electron chi connectivity index (χ3n) is 3.80. The van der Waals surface area contributed by atoms with Gasteiger partial charge in [-0.25, -0.2) is 4.98 Å². The largest absolute Gasteiger partial charge is 0.327 e. The standard InChI is InChI=1S/C12H17N3O/c13-9-4-5-15-11(6-9)14-10(7-12(15)16)8-2-1-3-8/h7-9H,1-6,13H2. The van der Waals surface area contributed by atoms with Crippen molar-refractivity contribution in [3.63, 3.8) is 0 Å². The van der Waals surface area contributed by atoms with Gasteiger partial charge in [0.1, 0.15) is 5.82 Å². The zero-order valence-electron chi connectivity index (χ0n) is 9.35. The normalized spacial score (nSPS) is 24.9. The zero-order chi connectivity index (χ0) is 11.1. The molecule has 16 heavy (non-hydrogen) atoms. The Morgan fingerprint density at radius 1 is 1.38 bits per heavy atom. The molecule has 2 N–H and O–H groups in total. The van der Waals surface area contributed by atoms with E-state index in [1.165, 1.54) is 19.3 Å². The van der Waals surface area contributed by atoms with Crippen LogP contribution in [-0.4, -0.2) is 15.6 Å². The quantitative estimate of drug-likeness (QED) is 0.759. The summed E-state index contributed by atoms with van der Waals surface area (Å²) in [4.78, 5) is 16.5. The molecule has 86 valence electrons. The third kappa shape index (κ3) is 1.57. The Morgan fingerprint density at radius 2 is 2.19 bits per heavy atom. The lowest BCUT2D eigenvalue weighted by Gasteiger charge is -2.27. The monoisotopic (exact) mass is 219 g/mol. The first kappa shape index (κ1) is 10.0. The Balaban J connectivity index is 2.01. The third-order valence-corrected chi connectivity index (χ3v) is 3.80. The van der Waals surface area contributed by atoms with Crippen LogP contribution in [0.2, 0.25) is 0 Å². The van der Waals surface area contributed by atoms with Crippen LogP contribution in [0.3, 0.4) is 0 Å². The second kappa shape index (κ2) is 3.70. The number of rotatable bonds is 1. The molecule has 0 amide bonds. The minimum atomic E-state index is 0.110. The highest BCUT2D eigenvalue weighted by Gasteiger charge is 2.24. The summed E-state index contributed by atoms with van der Waals surface area (Å²) in [5.74, 6) is 1.42. The molecule has 4 nitrogen and oxygen atoms in total. The van der Waals surface area contributed by atoms with Gasteiger partial charge in [0.05, 0.1) is 5.69 Å². The number of nitrogens with two attached hydrogens (primary N) is 1. The summed E-state index contributed by atoms with van der Waals surface area (Å²) in [5.41, 5.74) is 7.02. The first-order chi connectivity index (χ1) is 7.74. The van der Waals surface area contributed by atoms with E-state index in [9.17, 15) is 4.79 Å². The fourth-order valence-electron chi connectivity index (χ4n) is 2.51. The van der Waals surface area contributed by atoms with Crippen LogP contribution >= 0.6 is 0 Å². The SMILES string of the molecule is NC1CCn2c(nc(C3CCC3)cc2=O)C1. The smallest absolute Gasteiger partial charge is 0.253 e. The molecule has 0 saturated heterocycles.